The van der Waals surface area contributed by atoms with Crippen LogP contribution in [-0.2, 0) is 9.53 Å². The number of hydrogen-bond donors (Lipinski definition) is 1. The Morgan fingerprint density at radius 2 is 1.86 bits per heavy atom. The summed E-state index contributed by atoms with van der Waals surface area (Å²) in [5, 5.41) is 11.2. The highest BCUT2D eigenvalue weighted by Crippen LogP contribution is 2.44. The number of methoxy groups -OCH3 is 1. The number of carbonyl (C=O) groups excluding carboxylic acids is 1. The van der Waals surface area contributed by atoms with E-state index in [-0.39, 0.29) is 11.0 Å². The van der Waals surface area contributed by atoms with Gasteiger partial charge in [-0.2, -0.15) is 0 Å². The van der Waals surface area contributed by atoms with Gasteiger partial charge in [0.15, 0.2) is 0 Å². The van der Waals surface area contributed by atoms with Gasteiger partial charge in [-0.05, 0) is 42.0 Å². The van der Waals surface area contributed by atoms with Crippen molar-refractivity contribution < 1.29 is 19.4 Å². The zero-order valence-electron chi connectivity index (χ0n) is 19.6. The molecule has 1 aromatic carbocycles. The number of rotatable bonds is 10. The molecule has 1 aromatic rings. The molecule has 1 atom stereocenters. The van der Waals surface area contributed by atoms with E-state index in [1.165, 1.54) is 0 Å². The Morgan fingerprint density at radius 3 is 2.38 bits per heavy atom. The van der Waals surface area contributed by atoms with Crippen molar-refractivity contribution in [2.24, 2.45) is 0 Å². The van der Waals surface area contributed by atoms with Crippen LogP contribution in [0.2, 0.25) is 18.1 Å². The van der Waals surface area contributed by atoms with Crippen LogP contribution >= 0.6 is 0 Å². The van der Waals surface area contributed by atoms with Gasteiger partial charge in [0, 0.05) is 11.6 Å². The first-order valence-electron chi connectivity index (χ1n) is 10.7. The number of aliphatic hydroxyl groups excluding tert-OH is 1. The molecular weight excluding hydrogens is 380 g/mol. The van der Waals surface area contributed by atoms with E-state index in [1.54, 1.807) is 20.1 Å². The molecular formula is C24H40O4Si. The molecule has 5 heteroatoms. The van der Waals surface area contributed by atoms with Crippen LogP contribution < -0.4 is 4.74 Å². The third-order valence-corrected chi connectivity index (χ3v) is 11.7. The molecule has 1 unspecified atom stereocenters. The molecule has 1 rings (SSSR count). The van der Waals surface area contributed by atoms with Crippen LogP contribution in [0.5, 0.6) is 5.75 Å². The van der Waals surface area contributed by atoms with Gasteiger partial charge in [0.2, 0.25) is 0 Å². The van der Waals surface area contributed by atoms with E-state index in [4.69, 9.17) is 9.47 Å². The van der Waals surface area contributed by atoms with Gasteiger partial charge in [-0.1, -0.05) is 65.8 Å². The lowest BCUT2D eigenvalue weighted by atomic mass is 9.97. The van der Waals surface area contributed by atoms with Crippen LogP contribution in [-0.4, -0.2) is 32.9 Å². The van der Waals surface area contributed by atoms with E-state index in [1.807, 2.05) is 18.2 Å². The number of allylic oxidation sites excluding steroid dienone is 1. The Labute approximate surface area is 178 Å². The van der Waals surface area contributed by atoms with Gasteiger partial charge in [0.1, 0.15) is 5.75 Å². The van der Waals surface area contributed by atoms with Crippen molar-refractivity contribution in [3.05, 3.63) is 35.4 Å². The van der Waals surface area contributed by atoms with Crippen LogP contribution in [0.1, 0.15) is 77.2 Å². The number of unbranched alkanes of at least 4 members (excludes halogenated alkanes) is 2. The topological polar surface area (TPSA) is 55.8 Å². The molecule has 0 aliphatic heterocycles. The summed E-state index contributed by atoms with van der Waals surface area (Å²) in [7, 11) is -0.347. The highest BCUT2D eigenvalue weighted by Gasteiger charge is 2.42. The lowest BCUT2D eigenvalue weighted by Crippen LogP contribution is -2.44. The monoisotopic (exact) mass is 420 g/mol. The SMILES string of the molecule is CCCCCC(=CC(=O)OCC)c1ccc(C(O)[Si](C)(C)C(C)(C)C)cc1OC. The van der Waals surface area contributed by atoms with Gasteiger partial charge >= 0.3 is 5.97 Å². The first-order chi connectivity index (χ1) is 13.5. The fourth-order valence-corrected chi connectivity index (χ4v) is 4.98. The summed E-state index contributed by atoms with van der Waals surface area (Å²) < 4.78 is 10.8. The van der Waals surface area contributed by atoms with Crippen LogP contribution in [0.25, 0.3) is 5.57 Å². The van der Waals surface area contributed by atoms with E-state index in [0.29, 0.717) is 12.4 Å². The molecule has 0 heterocycles. The molecule has 1 N–H and O–H groups in total. The molecule has 0 amide bonds. The van der Waals surface area contributed by atoms with Crippen molar-refractivity contribution in [1.29, 1.82) is 0 Å². The van der Waals surface area contributed by atoms with E-state index in [0.717, 1.165) is 42.4 Å². The Morgan fingerprint density at radius 1 is 1.21 bits per heavy atom. The molecule has 0 fully saturated rings. The van der Waals surface area contributed by atoms with Gasteiger partial charge < -0.3 is 14.6 Å². The molecule has 0 bridgehead atoms. The third-order valence-electron chi connectivity index (χ3n) is 6.13. The summed E-state index contributed by atoms with van der Waals surface area (Å²) in [6.45, 7) is 15.3. The highest BCUT2D eigenvalue weighted by molar-refractivity contribution is 6.81. The second-order valence-electron chi connectivity index (χ2n) is 9.21. The van der Waals surface area contributed by atoms with Crippen molar-refractivity contribution in [3.8, 4) is 5.75 Å². The second kappa shape index (κ2) is 11.0. The maximum atomic E-state index is 12.1. The van der Waals surface area contributed by atoms with Crippen molar-refractivity contribution in [1.82, 2.24) is 0 Å². The molecule has 0 saturated heterocycles. The maximum Gasteiger partial charge on any atom is 0.331 e. The lowest BCUT2D eigenvalue weighted by molar-refractivity contribution is -0.137. The molecule has 0 saturated carbocycles. The normalized spacial score (nSPS) is 13.9. The van der Waals surface area contributed by atoms with Crippen molar-refractivity contribution in [2.75, 3.05) is 13.7 Å². The number of ether oxygens (including phenoxy) is 2. The van der Waals surface area contributed by atoms with E-state index >= 15 is 0 Å². The summed E-state index contributed by atoms with van der Waals surface area (Å²) in [4.78, 5) is 12.1. The number of hydrogen-bond acceptors (Lipinski definition) is 4. The average Bonchev–Trinajstić information content (AvgIpc) is 2.65. The minimum atomic E-state index is -1.98. The lowest BCUT2D eigenvalue weighted by Gasteiger charge is -2.40. The quantitative estimate of drug-likeness (QED) is 0.209. The molecule has 164 valence electrons. The molecule has 0 spiro atoms. The van der Waals surface area contributed by atoms with E-state index in [9.17, 15) is 9.90 Å². The zero-order valence-corrected chi connectivity index (χ0v) is 20.6. The fraction of sp³-hybridized carbons (Fsp3) is 0.625. The van der Waals surface area contributed by atoms with Gasteiger partial charge in [0.25, 0.3) is 0 Å². The summed E-state index contributed by atoms with van der Waals surface area (Å²) in [6.07, 6.45) is 5.58. The zero-order chi connectivity index (χ0) is 22.2. The number of benzene rings is 1. The van der Waals surface area contributed by atoms with Crippen molar-refractivity contribution >= 4 is 19.6 Å². The van der Waals surface area contributed by atoms with Crippen LogP contribution in [0.3, 0.4) is 0 Å². The Hall–Kier alpha value is -1.59. The van der Waals surface area contributed by atoms with Crippen LogP contribution in [0, 0.1) is 0 Å². The standard InChI is InChI=1S/C24H40O4Si/c1-9-11-12-13-18(17-22(25)28-10-2)20-15-14-19(16-21(20)27-6)23(26)29(7,8)24(3,4)5/h14-17,23,26H,9-13H2,1-8H3. The van der Waals surface area contributed by atoms with Gasteiger partial charge in [-0.15, -0.1) is 0 Å². The van der Waals surface area contributed by atoms with E-state index in [2.05, 4.69) is 40.8 Å². The Kier molecular flexibility index (Phi) is 9.63. The summed E-state index contributed by atoms with van der Waals surface area (Å²) in [5.74, 6) is 0.360. The van der Waals surface area contributed by atoms with Crippen molar-refractivity contribution in [3.63, 3.8) is 0 Å². The molecule has 29 heavy (non-hydrogen) atoms. The van der Waals surface area contributed by atoms with Gasteiger partial charge in [-0.25, -0.2) is 4.79 Å². The van der Waals surface area contributed by atoms with Crippen molar-refractivity contribution in [2.45, 2.75) is 84.2 Å². The van der Waals surface area contributed by atoms with Gasteiger partial charge in [-0.3, -0.25) is 0 Å². The largest absolute Gasteiger partial charge is 0.496 e. The van der Waals surface area contributed by atoms with Crippen LogP contribution in [0.4, 0.5) is 0 Å². The highest BCUT2D eigenvalue weighted by atomic mass is 28.3. The average molecular weight is 421 g/mol. The molecule has 0 aromatic heterocycles. The van der Waals surface area contributed by atoms with E-state index < -0.39 is 13.8 Å². The first-order valence-corrected chi connectivity index (χ1v) is 13.8. The molecule has 0 aliphatic carbocycles. The summed E-state index contributed by atoms with van der Waals surface area (Å²) in [6, 6.07) is 5.88. The van der Waals surface area contributed by atoms with Crippen LogP contribution in [0.15, 0.2) is 24.3 Å². The molecule has 0 radical (unpaired) electrons. The second-order valence-corrected chi connectivity index (χ2v) is 14.7. The number of aliphatic hydroxyl groups is 1. The Balaban J connectivity index is 3.34. The summed E-state index contributed by atoms with van der Waals surface area (Å²) in [5.41, 5.74) is 2.19. The Bertz CT molecular complexity index is 701. The predicted molar refractivity (Wildman–Crippen MR) is 124 cm³/mol. The number of esters is 1. The molecule has 0 aliphatic rings. The van der Waals surface area contributed by atoms with Gasteiger partial charge in [0.05, 0.1) is 27.5 Å². The number of carbonyl (C=O) groups is 1. The predicted octanol–water partition coefficient (Wildman–Crippen LogP) is 6.30. The first kappa shape index (κ1) is 25.4. The molecule has 4 nitrogen and oxygen atoms in total. The third kappa shape index (κ3) is 6.71. The smallest absolute Gasteiger partial charge is 0.331 e. The minimum absolute atomic E-state index is 0.0629. The maximum absolute atomic E-state index is 12.1. The summed E-state index contributed by atoms with van der Waals surface area (Å²) >= 11 is 0. The minimum Gasteiger partial charge on any atom is -0.496 e. The fourth-order valence-electron chi connectivity index (χ4n) is 3.15.